The number of alkyl halides is 3. The smallest absolute Gasteiger partial charge is 0.378 e. The summed E-state index contributed by atoms with van der Waals surface area (Å²) in [5.41, 5.74) is -0.766. The second-order valence-electron chi connectivity index (χ2n) is 4.02. The topological polar surface area (TPSA) is 38.3 Å². The van der Waals surface area contributed by atoms with Crippen LogP contribution in [0.15, 0.2) is 24.3 Å². The van der Waals surface area contributed by atoms with Gasteiger partial charge in [0.15, 0.2) is 5.78 Å². The van der Waals surface area contributed by atoms with E-state index in [1.165, 1.54) is 12.1 Å². The van der Waals surface area contributed by atoms with Crippen molar-refractivity contribution in [1.29, 1.82) is 0 Å². The molecular formula is C12H12F3NO2. The lowest BCUT2D eigenvalue weighted by molar-refractivity contribution is -0.137. The molecule has 2 rings (SSSR count). The second kappa shape index (κ2) is 5.07. The normalized spacial score (nSPS) is 20.7. The summed E-state index contributed by atoms with van der Waals surface area (Å²) < 4.78 is 42.7. The molecule has 98 valence electrons. The highest BCUT2D eigenvalue weighted by atomic mass is 19.4. The molecule has 1 aliphatic heterocycles. The van der Waals surface area contributed by atoms with E-state index in [2.05, 4.69) is 5.32 Å². The lowest BCUT2D eigenvalue weighted by atomic mass is 10.0. The number of carbonyl (C=O) groups is 1. The highest BCUT2D eigenvalue weighted by Crippen LogP contribution is 2.29. The molecule has 1 N–H and O–H groups in total. The standard InChI is InChI=1S/C12H12F3NO2/c13-12(14,15)9-3-1-2-8(6-9)11(17)10-7-18-5-4-16-10/h1-3,6,10,16H,4-5,7H2. The van der Waals surface area contributed by atoms with Crippen LogP contribution in [0.5, 0.6) is 0 Å². The molecule has 1 fully saturated rings. The van der Waals surface area contributed by atoms with E-state index in [-0.39, 0.29) is 18.0 Å². The predicted octanol–water partition coefficient (Wildman–Crippen LogP) is 1.88. The van der Waals surface area contributed by atoms with E-state index in [0.29, 0.717) is 13.2 Å². The minimum Gasteiger partial charge on any atom is -0.378 e. The maximum Gasteiger partial charge on any atom is 0.416 e. The summed E-state index contributed by atoms with van der Waals surface area (Å²) in [5.74, 6) is -0.374. The van der Waals surface area contributed by atoms with Gasteiger partial charge >= 0.3 is 6.18 Å². The van der Waals surface area contributed by atoms with Crippen LogP contribution in [0, 0.1) is 0 Å². The lowest BCUT2D eigenvalue weighted by Gasteiger charge is -2.22. The van der Waals surface area contributed by atoms with Gasteiger partial charge in [0.25, 0.3) is 0 Å². The van der Waals surface area contributed by atoms with Crippen molar-refractivity contribution in [3.63, 3.8) is 0 Å². The Kier molecular flexibility index (Phi) is 3.68. The van der Waals surface area contributed by atoms with Crippen LogP contribution in [0.2, 0.25) is 0 Å². The van der Waals surface area contributed by atoms with Crippen LogP contribution in [-0.4, -0.2) is 31.6 Å². The second-order valence-corrected chi connectivity index (χ2v) is 4.02. The zero-order chi connectivity index (χ0) is 13.2. The first-order valence-electron chi connectivity index (χ1n) is 5.51. The van der Waals surface area contributed by atoms with Crippen molar-refractivity contribution in [3.05, 3.63) is 35.4 Å². The molecule has 0 aromatic heterocycles. The van der Waals surface area contributed by atoms with E-state index >= 15 is 0 Å². The van der Waals surface area contributed by atoms with Crippen LogP contribution in [0.1, 0.15) is 15.9 Å². The van der Waals surface area contributed by atoms with Crippen LogP contribution in [0.25, 0.3) is 0 Å². The van der Waals surface area contributed by atoms with Crippen molar-refractivity contribution in [1.82, 2.24) is 5.32 Å². The van der Waals surface area contributed by atoms with E-state index in [9.17, 15) is 18.0 Å². The molecule has 0 bridgehead atoms. The van der Waals surface area contributed by atoms with Gasteiger partial charge in [0.05, 0.1) is 24.8 Å². The first-order valence-corrected chi connectivity index (χ1v) is 5.51. The Morgan fingerprint density at radius 2 is 2.17 bits per heavy atom. The number of morpholine rings is 1. The molecule has 0 radical (unpaired) electrons. The van der Waals surface area contributed by atoms with E-state index in [4.69, 9.17) is 4.74 Å². The summed E-state index contributed by atoms with van der Waals surface area (Å²) in [4.78, 5) is 12.0. The third-order valence-corrected chi connectivity index (χ3v) is 2.71. The monoisotopic (exact) mass is 259 g/mol. The Labute approximate surface area is 102 Å². The van der Waals surface area contributed by atoms with Gasteiger partial charge in [0.2, 0.25) is 0 Å². The molecular weight excluding hydrogens is 247 g/mol. The number of ether oxygens (including phenoxy) is 1. The van der Waals surface area contributed by atoms with Crippen LogP contribution in [0.3, 0.4) is 0 Å². The summed E-state index contributed by atoms with van der Waals surface area (Å²) >= 11 is 0. The Bertz CT molecular complexity index is 439. The van der Waals surface area contributed by atoms with E-state index in [1.54, 1.807) is 0 Å². The fourth-order valence-electron chi connectivity index (χ4n) is 1.78. The molecule has 18 heavy (non-hydrogen) atoms. The quantitative estimate of drug-likeness (QED) is 0.824. The van der Waals surface area contributed by atoms with Crippen molar-refractivity contribution in [3.8, 4) is 0 Å². The van der Waals surface area contributed by atoms with Gasteiger partial charge < -0.3 is 10.1 Å². The largest absolute Gasteiger partial charge is 0.416 e. The molecule has 1 aliphatic rings. The molecule has 0 amide bonds. The molecule has 1 saturated heterocycles. The molecule has 0 spiro atoms. The van der Waals surface area contributed by atoms with Crippen molar-refractivity contribution in [2.24, 2.45) is 0 Å². The summed E-state index contributed by atoms with van der Waals surface area (Å²) in [7, 11) is 0. The lowest BCUT2D eigenvalue weighted by Crippen LogP contribution is -2.46. The minimum absolute atomic E-state index is 0.0489. The van der Waals surface area contributed by atoms with E-state index < -0.39 is 17.8 Å². The van der Waals surface area contributed by atoms with Gasteiger partial charge in [0, 0.05) is 12.1 Å². The molecule has 1 unspecified atom stereocenters. The molecule has 1 aromatic carbocycles. The maximum atomic E-state index is 12.5. The van der Waals surface area contributed by atoms with Crippen LogP contribution in [-0.2, 0) is 10.9 Å². The van der Waals surface area contributed by atoms with E-state index in [0.717, 1.165) is 12.1 Å². The van der Waals surface area contributed by atoms with E-state index in [1.807, 2.05) is 0 Å². The van der Waals surface area contributed by atoms with Gasteiger partial charge in [-0.05, 0) is 12.1 Å². The third-order valence-electron chi connectivity index (χ3n) is 2.71. The number of rotatable bonds is 2. The number of nitrogens with one attached hydrogen (secondary N) is 1. The van der Waals surface area contributed by atoms with Gasteiger partial charge in [-0.1, -0.05) is 12.1 Å². The molecule has 1 atom stereocenters. The zero-order valence-electron chi connectivity index (χ0n) is 9.46. The first-order chi connectivity index (χ1) is 8.48. The van der Waals surface area contributed by atoms with Crippen molar-refractivity contribution < 1.29 is 22.7 Å². The number of Topliss-reactive ketones (excluding diaryl/α,β-unsaturated/α-hetero) is 1. The fourth-order valence-corrected chi connectivity index (χ4v) is 1.78. The molecule has 1 aromatic rings. The maximum absolute atomic E-state index is 12.5. The Morgan fingerprint density at radius 1 is 1.39 bits per heavy atom. The van der Waals surface area contributed by atoms with Crippen molar-refractivity contribution in [2.45, 2.75) is 12.2 Å². The fraction of sp³-hybridized carbons (Fsp3) is 0.417. The minimum atomic E-state index is -4.44. The zero-order valence-corrected chi connectivity index (χ0v) is 9.46. The summed E-state index contributed by atoms with van der Waals surface area (Å²) in [5, 5.41) is 2.92. The highest BCUT2D eigenvalue weighted by molar-refractivity contribution is 6.00. The summed E-state index contributed by atoms with van der Waals surface area (Å²) in [6.45, 7) is 1.22. The summed E-state index contributed by atoms with van der Waals surface area (Å²) in [6.07, 6.45) is -4.44. The number of hydrogen-bond donors (Lipinski definition) is 1. The number of hydrogen-bond acceptors (Lipinski definition) is 3. The molecule has 1 heterocycles. The first kappa shape index (κ1) is 13.0. The molecule has 0 aliphatic carbocycles. The number of ketones is 1. The van der Waals surface area contributed by atoms with Crippen LogP contribution < -0.4 is 5.32 Å². The summed E-state index contributed by atoms with van der Waals surface area (Å²) in [6, 6.07) is 3.87. The molecule has 6 heteroatoms. The predicted molar refractivity (Wildman–Crippen MR) is 58.4 cm³/mol. The van der Waals surface area contributed by atoms with Crippen molar-refractivity contribution in [2.75, 3.05) is 19.8 Å². The number of benzene rings is 1. The third kappa shape index (κ3) is 2.88. The number of carbonyl (C=O) groups excluding carboxylic acids is 1. The van der Waals surface area contributed by atoms with Gasteiger partial charge in [0.1, 0.15) is 0 Å². The average Bonchev–Trinajstić information content (AvgIpc) is 2.38. The Hall–Kier alpha value is -1.40. The van der Waals surface area contributed by atoms with Crippen LogP contribution in [0.4, 0.5) is 13.2 Å². The van der Waals surface area contributed by atoms with Gasteiger partial charge in [-0.25, -0.2) is 0 Å². The Balaban J connectivity index is 2.20. The van der Waals surface area contributed by atoms with Gasteiger partial charge in [-0.2, -0.15) is 13.2 Å². The van der Waals surface area contributed by atoms with Gasteiger partial charge in [-0.15, -0.1) is 0 Å². The Morgan fingerprint density at radius 3 is 2.78 bits per heavy atom. The van der Waals surface area contributed by atoms with Gasteiger partial charge in [-0.3, -0.25) is 4.79 Å². The van der Waals surface area contributed by atoms with Crippen LogP contribution >= 0.6 is 0 Å². The average molecular weight is 259 g/mol. The molecule has 0 saturated carbocycles. The SMILES string of the molecule is O=C(c1cccc(C(F)(F)F)c1)C1COCCN1. The number of halogens is 3. The molecule has 3 nitrogen and oxygen atoms in total. The van der Waals surface area contributed by atoms with Crippen molar-refractivity contribution >= 4 is 5.78 Å². The highest BCUT2D eigenvalue weighted by Gasteiger charge is 2.31.